The van der Waals surface area contributed by atoms with Crippen LogP contribution in [0.5, 0.6) is 0 Å². The summed E-state index contributed by atoms with van der Waals surface area (Å²) >= 11 is 6.64. The van der Waals surface area contributed by atoms with Crippen molar-refractivity contribution in [2.75, 3.05) is 0 Å². The molecular formula is C17H21ClO. The number of furan rings is 1. The zero-order chi connectivity index (χ0) is 13.8. The van der Waals surface area contributed by atoms with Crippen LogP contribution in [0.3, 0.4) is 0 Å². The molecule has 0 spiro atoms. The van der Waals surface area contributed by atoms with Gasteiger partial charge in [0.2, 0.25) is 0 Å². The highest BCUT2D eigenvalue weighted by atomic mass is 35.5. The fourth-order valence-electron chi connectivity index (χ4n) is 2.54. The van der Waals surface area contributed by atoms with Gasteiger partial charge in [0.05, 0.1) is 6.26 Å². The number of halogens is 1. The monoisotopic (exact) mass is 276 g/mol. The first-order valence-electron chi connectivity index (χ1n) is 7.03. The summed E-state index contributed by atoms with van der Waals surface area (Å²) in [7, 11) is 0. The highest BCUT2D eigenvalue weighted by molar-refractivity contribution is 6.22. The predicted molar refractivity (Wildman–Crippen MR) is 81.0 cm³/mol. The summed E-state index contributed by atoms with van der Waals surface area (Å²) in [6.07, 6.45) is 4.75. The standard InChI is InChI=1S/C17H21ClO/c1-4-12-10-13(5-2)16(14(6-3)11-12)17(18)15-8-7-9-19-15/h7-11,17H,4-6H2,1-3H3. The van der Waals surface area contributed by atoms with E-state index in [1.54, 1.807) is 6.26 Å². The molecule has 1 nitrogen and oxygen atoms in total. The van der Waals surface area contributed by atoms with Crippen LogP contribution in [-0.4, -0.2) is 0 Å². The van der Waals surface area contributed by atoms with Crippen LogP contribution in [0.25, 0.3) is 0 Å². The molecule has 0 radical (unpaired) electrons. The molecule has 1 heterocycles. The van der Waals surface area contributed by atoms with Crippen LogP contribution in [-0.2, 0) is 19.3 Å². The Hall–Kier alpha value is -1.21. The lowest BCUT2D eigenvalue weighted by Crippen LogP contribution is -2.04. The van der Waals surface area contributed by atoms with Gasteiger partial charge in [-0.15, -0.1) is 11.6 Å². The summed E-state index contributed by atoms with van der Waals surface area (Å²) in [5.74, 6) is 0.829. The molecule has 0 bridgehead atoms. The summed E-state index contributed by atoms with van der Waals surface area (Å²) in [5.41, 5.74) is 5.31. The van der Waals surface area contributed by atoms with E-state index in [-0.39, 0.29) is 5.38 Å². The minimum absolute atomic E-state index is 0.189. The molecule has 0 amide bonds. The van der Waals surface area contributed by atoms with E-state index in [1.807, 2.05) is 12.1 Å². The first-order chi connectivity index (χ1) is 9.21. The summed E-state index contributed by atoms with van der Waals surface area (Å²) in [6, 6.07) is 8.41. The average Bonchev–Trinajstić information content (AvgIpc) is 2.99. The topological polar surface area (TPSA) is 13.1 Å². The molecule has 1 aromatic heterocycles. The van der Waals surface area contributed by atoms with Crippen LogP contribution in [0, 0.1) is 0 Å². The van der Waals surface area contributed by atoms with Gasteiger partial charge < -0.3 is 4.42 Å². The number of benzene rings is 1. The number of alkyl halides is 1. The second-order valence-electron chi connectivity index (χ2n) is 4.77. The first-order valence-corrected chi connectivity index (χ1v) is 7.46. The quantitative estimate of drug-likeness (QED) is 0.676. The molecule has 2 rings (SSSR count). The van der Waals surface area contributed by atoms with E-state index in [2.05, 4.69) is 32.9 Å². The van der Waals surface area contributed by atoms with Gasteiger partial charge in [-0.3, -0.25) is 0 Å². The molecular weight excluding hydrogens is 256 g/mol. The van der Waals surface area contributed by atoms with Crippen molar-refractivity contribution in [3.63, 3.8) is 0 Å². The van der Waals surface area contributed by atoms with Crippen molar-refractivity contribution in [2.45, 2.75) is 45.4 Å². The van der Waals surface area contributed by atoms with Crippen molar-refractivity contribution in [2.24, 2.45) is 0 Å². The Kier molecular flexibility index (Phi) is 4.71. The lowest BCUT2D eigenvalue weighted by atomic mass is 9.91. The van der Waals surface area contributed by atoms with Crippen LogP contribution in [0.4, 0.5) is 0 Å². The molecule has 0 saturated carbocycles. The molecule has 0 N–H and O–H groups in total. The highest BCUT2D eigenvalue weighted by Gasteiger charge is 2.20. The third-order valence-corrected chi connectivity index (χ3v) is 4.06. The second kappa shape index (κ2) is 6.29. The molecule has 0 aliphatic carbocycles. The number of rotatable bonds is 5. The van der Waals surface area contributed by atoms with Crippen molar-refractivity contribution in [3.8, 4) is 0 Å². The van der Waals surface area contributed by atoms with Gasteiger partial charge >= 0.3 is 0 Å². The van der Waals surface area contributed by atoms with E-state index >= 15 is 0 Å². The fraction of sp³-hybridized carbons (Fsp3) is 0.412. The smallest absolute Gasteiger partial charge is 0.126 e. The maximum Gasteiger partial charge on any atom is 0.126 e. The van der Waals surface area contributed by atoms with Gasteiger partial charge in [-0.1, -0.05) is 32.9 Å². The average molecular weight is 277 g/mol. The van der Waals surface area contributed by atoms with Crippen LogP contribution in [0.1, 0.15) is 54.2 Å². The van der Waals surface area contributed by atoms with Gasteiger partial charge in [0.25, 0.3) is 0 Å². The zero-order valence-electron chi connectivity index (χ0n) is 11.9. The maximum atomic E-state index is 6.64. The number of hydrogen-bond acceptors (Lipinski definition) is 1. The molecule has 0 aliphatic rings. The van der Waals surface area contributed by atoms with E-state index in [0.717, 1.165) is 25.0 Å². The Morgan fingerprint density at radius 3 is 2.11 bits per heavy atom. The Balaban J connectivity index is 2.54. The molecule has 0 fully saturated rings. The predicted octanol–water partition coefficient (Wildman–Crippen LogP) is 5.30. The van der Waals surface area contributed by atoms with Crippen LogP contribution in [0.15, 0.2) is 34.9 Å². The number of hydrogen-bond donors (Lipinski definition) is 0. The second-order valence-corrected chi connectivity index (χ2v) is 5.20. The van der Waals surface area contributed by atoms with Gasteiger partial charge in [-0.25, -0.2) is 0 Å². The van der Waals surface area contributed by atoms with Crippen LogP contribution < -0.4 is 0 Å². The third-order valence-electron chi connectivity index (χ3n) is 3.63. The summed E-state index contributed by atoms with van der Waals surface area (Å²) in [4.78, 5) is 0. The van der Waals surface area contributed by atoms with E-state index < -0.39 is 0 Å². The molecule has 19 heavy (non-hydrogen) atoms. The van der Waals surface area contributed by atoms with E-state index in [9.17, 15) is 0 Å². The maximum absolute atomic E-state index is 6.64. The van der Waals surface area contributed by atoms with E-state index in [0.29, 0.717) is 0 Å². The van der Waals surface area contributed by atoms with Crippen molar-refractivity contribution in [1.82, 2.24) is 0 Å². The van der Waals surface area contributed by atoms with Crippen LogP contribution in [0.2, 0.25) is 0 Å². The van der Waals surface area contributed by atoms with Gasteiger partial charge in [0.15, 0.2) is 0 Å². The lowest BCUT2D eigenvalue weighted by molar-refractivity contribution is 0.515. The van der Waals surface area contributed by atoms with Crippen molar-refractivity contribution in [3.05, 3.63) is 58.5 Å². The fourth-order valence-corrected chi connectivity index (χ4v) is 2.95. The highest BCUT2D eigenvalue weighted by Crippen LogP contribution is 2.35. The third kappa shape index (κ3) is 2.87. The Labute approximate surface area is 120 Å². The van der Waals surface area contributed by atoms with Crippen molar-refractivity contribution < 1.29 is 4.42 Å². The normalized spacial score (nSPS) is 12.6. The largest absolute Gasteiger partial charge is 0.467 e. The lowest BCUT2D eigenvalue weighted by Gasteiger charge is -2.18. The van der Waals surface area contributed by atoms with E-state index in [1.165, 1.54) is 22.3 Å². The van der Waals surface area contributed by atoms with Crippen molar-refractivity contribution in [1.29, 1.82) is 0 Å². The molecule has 1 aromatic carbocycles. The minimum Gasteiger partial charge on any atom is -0.467 e. The van der Waals surface area contributed by atoms with Crippen LogP contribution >= 0.6 is 11.6 Å². The molecule has 2 heteroatoms. The summed E-state index contributed by atoms with van der Waals surface area (Å²) in [6.45, 7) is 6.56. The van der Waals surface area contributed by atoms with Gasteiger partial charge in [0, 0.05) is 0 Å². The minimum atomic E-state index is -0.189. The summed E-state index contributed by atoms with van der Waals surface area (Å²) in [5, 5.41) is -0.189. The molecule has 102 valence electrons. The summed E-state index contributed by atoms with van der Waals surface area (Å²) < 4.78 is 5.47. The van der Waals surface area contributed by atoms with Gasteiger partial charge in [0.1, 0.15) is 11.1 Å². The van der Waals surface area contributed by atoms with Gasteiger partial charge in [-0.05, 0) is 53.6 Å². The van der Waals surface area contributed by atoms with E-state index in [4.69, 9.17) is 16.0 Å². The SMILES string of the molecule is CCc1cc(CC)c(C(Cl)c2ccco2)c(CC)c1. The number of aryl methyl sites for hydroxylation is 3. The Morgan fingerprint density at radius 2 is 1.68 bits per heavy atom. The Bertz CT molecular complexity index is 503. The first kappa shape index (κ1) is 14.2. The molecule has 1 unspecified atom stereocenters. The molecule has 0 aliphatic heterocycles. The molecule has 0 saturated heterocycles. The Morgan fingerprint density at radius 1 is 1.05 bits per heavy atom. The molecule has 1 atom stereocenters. The van der Waals surface area contributed by atoms with Gasteiger partial charge in [-0.2, -0.15) is 0 Å². The molecule has 2 aromatic rings. The van der Waals surface area contributed by atoms with Crippen molar-refractivity contribution >= 4 is 11.6 Å². The zero-order valence-corrected chi connectivity index (χ0v) is 12.6.